The Morgan fingerprint density at radius 3 is 2.95 bits per heavy atom. The number of aliphatic carboxylic acids is 1. The van der Waals surface area contributed by atoms with Crippen molar-refractivity contribution in [1.29, 1.82) is 0 Å². The van der Waals surface area contributed by atoms with Gasteiger partial charge in [-0.1, -0.05) is 6.92 Å². The Balaban J connectivity index is 2.00. The molecule has 2 amide bonds. The Labute approximate surface area is 122 Å². The number of hydrogen-bond donors (Lipinski definition) is 4. The Morgan fingerprint density at radius 2 is 2.38 bits per heavy atom. The van der Waals surface area contributed by atoms with Gasteiger partial charge in [-0.25, -0.2) is 14.6 Å². The molecule has 116 valence electrons. The number of nitrogens with one attached hydrogen (secondary N) is 2. The van der Waals surface area contributed by atoms with Crippen molar-refractivity contribution in [2.24, 2.45) is 5.92 Å². The quantitative estimate of drug-likeness (QED) is 0.601. The molecule has 2 rings (SSSR count). The first-order valence-corrected chi connectivity index (χ1v) is 6.91. The van der Waals surface area contributed by atoms with Crippen LogP contribution in [0.15, 0.2) is 12.5 Å². The van der Waals surface area contributed by atoms with Crippen LogP contribution >= 0.6 is 0 Å². The van der Waals surface area contributed by atoms with Crippen molar-refractivity contribution < 1.29 is 19.8 Å². The summed E-state index contributed by atoms with van der Waals surface area (Å²) in [6, 6.07) is -1.75. The SMILES string of the molecule is CC1CCN(C(=O)N[C@@H](Cc2cnc[nH]2)C(=O)O)C1CO. The number of urea groups is 1. The summed E-state index contributed by atoms with van der Waals surface area (Å²) in [6.07, 6.45) is 3.92. The standard InChI is InChI=1S/C13H20N4O4/c1-8-2-3-17(11(8)6-18)13(21)16-10(12(19)20)4-9-5-14-7-15-9/h5,7-8,10-11,18H,2-4,6H2,1H3,(H,14,15)(H,16,21)(H,19,20)/t8?,10-,11?/m0/s1. The number of hydrogen-bond acceptors (Lipinski definition) is 4. The first-order chi connectivity index (χ1) is 10.0. The summed E-state index contributed by atoms with van der Waals surface area (Å²) in [5.74, 6) is -0.901. The highest BCUT2D eigenvalue weighted by Gasteiger charge is 2.35. The van der Waals surface area contributed by atoms with Gasteiger partial charge >= 0.3 is 12.0 Å². The van der Waals surface area contributed by atoms with Crippen LogP contribution in [0, 0.1) is 5.92 Å². The molecule has 0 bridgehead atoms. The minimum atomic E-state index is -1.11. The van der Waals surface area contributed by atoms with Gasteiger partial charge in [0, 0.05) is 24.9 Å². The van der Waals surface area contributed by atoms with Gasteiger partial charge in [-0.3, -0.25) is 0 Å². The Kier molecular flexibility index (Phi) is 4.79. The van der Waals surface area contributed by atoms with Crippen LogP contribution in [0.3, 0.4) is 0 Å². The van der Waals surface area contributed by atoms with Gasteiger partial charge in [0.1, 0.15) is 6.04 Å². The maximum absolute atomic E-state index is 12.2. The average molecular weight is 296 g/mol. The Morgan fingerprint density at radius 1 is 1.62 bits per heavy atom. The lowest BCUT2D eigenvalue weighted by Crippen LogP contribution is -2.51. The highest BCUT2D eigenvalue weighted by molar-refractivity contribution is 5.83. The summed E-state index contributed by atoms with van der Waals surface area (Å²) in [6.45, 7) is 2.37. The molecule has 1 aromatic heterocycles. The molecule has 8 heteroatoms. The highest BCUT2D eigenvalue weighted by Crippen LogP contribution is 2.23. The normalized spacial score (nSPS) is 23.0. The maximum Gasteiger partial charge on any atom is 0.326 e. The number of imidazole rings is 1. The Bertz CT molecular complexity index is 490. The lowest BCUT2D eigenvalue weighted by atomic mass is 10.0. The number of likely N-dealkylation sites (tertiary alicyclic amines) is 1. The Hall–Kier alpha value is -2.09. The molecule has 1 aliphatic rings. The number of carbonyl (C=O) groups excluding carboxylic acids is 1. The minimum Gasteiger partial charge on any atom is -0.480 e. The number of aromatic nitrogens is 2. The van der Waals surface area contributed by atoms with Gasteiger partial charge in [-0.15, -0.1) is 0 Å². The molecule has 2 heterocycles. The van der Waals surface area contributed by atoms with Crippen molar-refractivity contribution in [3.63, 3.8) is 0 Å². The van der Waals surface area contributed by atoms with Gasteiger partial charge in [-0.2, -0.15) is 0 Å². The third kappa shape index (κ3) is 3.52. The van der Waals surface area contributed by atoms with Crippen LogP contribution in [0.4, 0.5) is 4.79 Å². The molecule has 1 aromatic rings. The molecule has 4 N–H and O–H groups in total. The predicted octanol–water partition coefficient (Wildman–Crippen LogP) is -0.182. The summed E-state index contributed by atoms with van der Waals surface area (Å²) < 4.78 is 0. The van der Waals surface area contributed by atoms with Crippen molar-refractivity contribution >= 4 is 12.0 Å². The highest BCUT2D eigenvalue weighted by atomic mass is 16.4. The molecule has 0 saturated carbocycles. The zero-order valence-electron chi connectivity index (χ0n) is 11.8. The molecular formula is C13H20N4O4. The van der Waals surface area contributed by atoms with Crippen molar-refractivity contribution in [2.75, 3.05) is 13.2 Å². The maximum atomic E-state index is 12.2. The van der Waals surface area contributed by atoms with E-state index in [1.807, 2.05) is 6.92 Å². The van der Waals surface area contributed by atoms with E-state index in [0.717, 1.165) is 6.42 Å². The molecule has 3 atom stereocenters. The first kappa shape index (κ1) is 15.3. The van der Waals surface area contributed by atoms with Crippen LogP contribution in [0.5, 0.6) is 0 Å². The molecule has 1 saturated heterocycles. The lowest BCUT2D eigenvalue weighted by molar-refractivity contribution is -0.139. The van der Waals surface area contributed by atoms with E-state index in [1.165, 1.54) is 17.4 Å². The number of aromatic amines is 1. The topological polar surface area (TPSA) is 119 Å². The second-order valence-electron chi connectivity index (χ2n) is 5.33. The van der Waals surface area contributed by atoms with E-state index in [4.69, 9.17) is 0 Å². The molecule has 0 radical (unpaired) electrons. The largest absolute Gasteiger partial charge is 0.480 e. The molecular weight excluding hydrogens is 276 g/mol. The van der Waals surface area contributed by atoms with E-state index >= 15 is 0 Å². The number of H-pyrrole nitrogens is 1. The molecule has 1 aliphatic heterocycles. The van der Waals surface area contributed by atoms with Gasteiger partial charge in [0.05, 0.1) is 19.0 Å². The van der Waals surface area contributed by atoms with Gasteiger partial charge in [0.25, 0.3) is 0 Å². The van der Waals surface area contributed by atoms with Crippen molar-refractivity contribution in [3.05, 3.63) is 18.2 Å². The molecule has 21 heavy (non-hydrogen) atoms. The fourth-order valence-corrected chi connectivity index (χ4v) is 2.59. The first-order valence-electron chi connectivity index (χ1n) is 6.91. The third-order valence-electron chi connectivity index (χ3n) is 3.91. The van der Waals surface area contributed by atoms with Gasteiger partial charge in [-0.05, 0) is 12.3 Å². The lowest BCUT2D eigenvalue weighted by Gasteiger charge is -2.27. The van der Waals surface area contributed by atoms with Crippen LogP contribution < -0.4 is 5.32 Å². The minimum absolute atomic E-state index is 0.118. The average Bonchev–Trinajstić information content (AvgIpc) is 3.06. The number of nitrogens with zero attached hydrogens (tertiary/aromatic N) is 2. The van der Waals surface area contributed by atoms with Crippen molar-refractivity contribution in [1.82, 2.24) is 20.2 Å². The second kappa shape index (κ2) is 6.57. The number of carboxylic acid groups (broad SMARTS) is 1. The van der Waals surface area contributed by atoms with Crippen molar-refractivity contribution in [3.8, 4) is 0 Å². The third-order valence-corrected chi connectivity index (χ3v) is 3.91. The molecule has 0 spiro atoms. The summed E-state index contributed by atoms with van der Waals surface area (Å²) >= 11 is 0. The van der Waals surface area contributed by atoms with E-state index in [-0.39, 0.29) is 25.0 Å². The fourth-order valence-electron chi connectivity index (χ4n) is 2.59. The number of amides is 2. The van der Waals surface area contributed by atoms with Crippen LogP contribution in [0.1, 0.15) is 19.0 Å². The van der Waals surface area contributed by atoms with Gasteiger partial charge in [0.2, 0.25) is 0 Å². The molecule has 1 fully saturated rings. The smallest absolute Gasteiger partial charge is 0.326 e. The molecule has 8 nitrogen and oxygen atoms in total. The van der Waals surface area contributed by atoms with E-state index in [9.17, 15) is 19.8 Å². The zero-order chi connectivity index (χ0) is 15.4. The predicted molar refractivity (Wildman–Crippen MR) is 73.6 cm³/mol. The van der Waals surface area contributed by atoms with Crippen molar-refractivity contribution in [2.45, 2.75) is 31.8 Å². The van der Waals surface area contributed by atoms with E-state index in [1.54, 1.807) is 0 Å². The van der Waals surface area contributed by atoms with Crippen LogP contribution in [-0.2, 0) is 11.2 Å². The number of aliphatic hydroxyl groups is 1. The zero-order valence-corrected chi connectivity index (χ0v) is 11.8. The number of rotatable bonds is 5. The van der Waals surface area contributed by atoms with E-state index in [0.29, 0.717) is 12.2 Å². The van der Waals surface area contributed by atoms with Gasteiger partial charge in [0.15, 0.2) is 0 Å². The van der Waals surface area contributed by atoms with Crippen LogP contribution in [0.2, 0.25) is 0 Å². The van der Waals surface area contributed by atoms with Crippen LogP contribution in [-0.4, -0.2) is 62.3 Å². The summed E-state index contributed by atoms with van der Waals surface area (Å²) in [5.41, 5.74) is 0.635. The summed E-state index contributed by atoms with van der Waals surface area (Å²) in [4.78, 5) is 31.6. The molecule has 0 aromatic carbocycles. The fraction of sp³-hybridized carbons (Fsp3) is 0.615. The molecule has 2 unspecified atom stereocenters. The summed E-state index contributed by atoms with van der Waals surface area (Å²) in [7, 11) is 0. The van der Waals surface area contributed by atoms with E-state index < -0.39 is 18.0 Å². The van der Waals surface area contributed by atoms with E-state index in [2.05, 4.69) is 15.3 Å². The number of carboxylic acids is 1. The number of carbonyl (C=O) groups is 2. The number of aliphatic hydroxyl groups excluding tert-OH is 1. The summed E-state index contributed by atoms with van der Waals surface area (Å²) in [5, 5.41) is 21.1. The second-order valence-corrected chi connectivity index (χ2v) is 5.33. The molecule has 0 aliphatic carbocycles. The van der Waals surface area contributed by atoms with Crippen LogP contribution in [0.25, 0.3) is 0 Å². The van der Waals surface area contributed by atoms with Gasteiger partial charge < -0.3 is 25.4 Å². The monoisotopic (exact) mass is 296 g/mol.